The van der Waals surface area contributed by atoms with E-state index in [2.05, 4.69) is 26.6 Å². The zero-order valence-electron chi connectivity index (χ0n) is 10.9. The Hall–Kier alpha value is -1.10. The molecule has 0 bridgehead atoms. The number of benzene rings is 1. The van der Waals surface area contributed by atoms with Gasteiger partial charge in [-0.2, -0.15) is 0 Å². The lowest BCUT2D eigenvalue weighted by atomic mass is 10.2. The molecule has 0 spiro atoms. The Bertz CT molecular complexity index is 473. The highest BCUT2D eigenvalue weighted by Gasteiger charge is 2.16. The number of hydrogen-bond acceptors (Lipinski definition) is 2. The largest absolute Gasteiger partial charge is 0.376 e. The summed E-state index contributed by atoms with van der Waals surface area (Å²) in [5.74, 6) is -0.301. The van der Waals surface area contributed by atoms with Crippen LogP contribution in [-0.2, 0) is 4.79 Å². The van der Waals surface area contributed by atoms with E-state index < -0.39 is 0 Å². The Morgan fingerprint density at radius 1 is 1.42 bits per heavy atom. The van der Waals surface area contributed by atoms with E-state index in [-0.39, 0.29) is 18.3 Å². The third kappa shape index (κ3) is 3.93. The van der Waals surface area contributed by atoms with Gasteiger partial charge in [0.25, 0.3) is 0 Å². The minimum Gasteiger partial charge on any atom is -0.376 e. The van der Waals surface area contributed by atoms with Gasteiger partial charge in [-0.1, -0.05) is 12.8 Å². The van der Waals surface area contributed by atoms with Crippen molar-refractivity contribution in [3.8, 4) is 0 Å². The lowest BCUT2D eigenvalue weighted by molar-refractivity contribution is -0.120. The maximum absolute atomic E-state index is 13.3. The second-order valence-corrected chi connectivity index (χ2v) is 5.84. The molecule has 0 unspecified atom stereocenters. The number of carbonyl (C=O) groups excluding carboxylic acids is 1. The molecule has 1 saturated carbocycles. The van der Waals surface area contributed by atoms with Crippen LogP contribution < -0.4 is 10.6 Å². The summed E-state index contributed by atoms with van der Waals surface area (Å²) in [6, 6.07) is 3.43. The second kappa shape index (κ2) is 6.37. The Labute approximate surface area is 121 Å². The number of hydrogen-bond donors (Lipinski definition) is 2. The Balaban J connectivity index is 1.87. The molecule has 2 rings (SSSR count). The number of nitrogens with one attached hydrogen (secondary N) is 2. The van der Waals surface area contributed by atoms with Gasteiger partial charge in [0.05, 0.1) is 11.0 Å². The zero-order valence-corrected chi connectivity index (χ0v) is 12.5. The van der Waals surface area contributed by atoms with Crippen LogP contribution in [0.25, 0.3) is 0 Å². The molecule has 1 aliphatic carbocycles. The molecular formula is C14H18BrFN2O. The Kier molecular flexibility index (Phi) is 4.80. The molecule has 5 heteroatoms. The van der Waals surface area contributed by atoms with E-state index in [1.165, 1.54) is 18.9 Å². The normalized spacial score (nSPS) is 15.5. The van der Waals surface area contributed by atoms with Gasteiger partial charge in [-0.3, -0.25) is 4.79 Å². The first-order valence-corrected chi connectivity index (χ1v) is 7.34. The lowest BCUT2D eigenvalue weighted by Crippen LogP contribution is -2.36. The molecule has 0 radical (unpaired) electrons. The minimum absolute atomic E-state index is 0.00764. The first kappa shape index (κ1) is 14.3. The molecule has 0 heterocycles. The van der Waals surface area contributed by atoms with E-state index in [0.717, 1.165) is 24.1 Å². The molecule has 1 aliphatic rings. The summed E-state index contributed by atoms with van der Waals surface area (Å²) in [5, 5.41) is 6.05. The van der Waals surface area contributed by atoms with E-state index in [1.54, 1.807) is 6.07 Å². The SMILES string of the molecule is Cc1cc(F)c(Br)cc1NCC(=O)NC1CCCC1. The Morgan fingerprint density at radius 2 is 2.11 bits per heavy atom. The molecule has 104 valence electrons. The van der Waals surface area contributed by atoms with Crippen LogP contribution in [0.2, 0.25) is 0 Å². The van der Waals surface area contributed by atoms with Crippen molar-refractivity contribution in [3.63, 3.8) is 0 Å². The summed E-state index contributed by atoms with van der Waals surface area (Å²) in [6.07, 6.45) is 4.55. The number of halogens is 2. The van der Waals surface area contributed by atoms with Crippen LogP contribution in [0.4, 0.5) is 10.1 Å². The predicted octanol–water partition coefficient (Wildman–Crippen LogP) is 3.37. The van der Waals surface area contributed by atoms with Crippen LogP contribution in [0.5, 0.6) is 0 Å². The molecule has 2 N–H and O–H groups in total. The van der Waals surface area contributed by atoms with Crippen LogP contribution in [0, 0.1) is 12.7 Å². The van der Waals surface area contributed by atoms with Crippen LogP contribution in [0.15, 0.2) is 16.6 Å². The lowest BCUT2D eigenvalue weighted by Gasteiger charge is -2.14. The van der Waals surface area contributed by atoms with Crippen LogP contribution in [0.1, 0.15) is 31.2 Å². The zero-order chi connectivity index (χ0) is 13.8. The second-order valence-electron chi connectivity index (χ2n) is 4.98. The number of rotatable bonds is 4. The molecule has 0 atom stereocenters. The summed E-state index contributed by atoms with van der Waals surface area (Å²) >= 11 is 3.14. The van der Waals surface area contributed by atoms with E-state index in [4.69, 9.17) is 0 Å². The number of carbonyl (C=O) groups is 1. The third-order valence-corrected chi connectivity index (χ3v) is 4.03. The van der Waals surface area contributed by atoms with Crippen LogP contribution in [-0.4, -0.2) is 18.5 Å². The van der Waals surface area contributed by atoms with Gasteiger partial charge in [-0.05, 0) is 53.4 Å². The van der Waals surface area contributed by atoms with Gasteiger partial charge in [0.1, 0.15) is 5.82 Å². The summed E-state index contributed by atoms with van der Waals surface area (Å²) in [5.41, 5.74) is 1.56. The fourth-order valence-corrected chi connectivity index (χ4v) is 2.70. The maximum atomic E-state index is 13.3. The minimum atomic E-state index is -0.293. The topological polar surface area (TPSA) is 41.1 Å². The van der Waals surface area contributed by atoms with Gasteiger partial charge in [0, 0.05) is 11.7 Å². The van der Waals surface area contributed by atoms with Crippen molar-refractivity contribution in [2.75, 3.05) is 11.9 Å². The van der Waals surface area contributed by atoms with Gasteiger partial charge in [0.2, 0.25) is 5.91 Å². The van der Waals surface area contributed by atoms with Crippen molar-refractivity contribution in [2.45, 2.75) is 38.6 Å². The van der Waals surface area contributed by atoms with Crippen molar-refractivity contribution in [2.24, 2.45) is 0 Å². The predicted molar refractivity (Wildman–Crippen MR) is 77.7 cm³/mol. The quantitative estimate of drug-likeness (QED) is 0.889. The summed E-state index contributed by atoms with van der Waals surface area (Å²) < 4.78 is 13.7. The van der Waals surface area contributed by atoms with E-state index in [1.807, 2.05) is 6.92 Å². The van der Waals surface area contributed by atoms with E-state index in [9.17, 15) is 9.18 Å². The van der Waals surface area contributed by atoms with Crippen molar-refractivity contribution in [1.82, 2.24) is 5.32 Å². The molecule has 0 saturated heterocycles. The standard InChI is InChI=1S/C14H18BrFN2O/c1-9-6-12(16)11(15)7-13(9)17-8-14(19)18-10-4-2-3-5-10/h6-7,10,17H,2-5,8H2,1H3,(H,18,19). The number of aryl methyl sites for hydroxylation is 1. The average molecular weight is 329 g/mol. The van der Waals surface area contributed by atoms with Crippen LogP contribution >= 0.6 is 15.9 Å². The van der Waals surface area contributed by atoms with E-state index in [0.29, 0.717) is 10.5 Å². The summed E-state index contributed by atoms with van der Waals surface area (Å²) in [7, 11) is 0. The monoisotopic (exact) mass is 328 g/mol. The maximum Gasteiger partial charge on any atom is 0.239 e. The van der Waals surface area contributed by atoms with E-state index >= 15 is 0 Å². The number of amides is 1. The molecule has 0 aromatic heterocycles. The molecule has 1 amide bonds. The van der Waals surface area contributed by atoms with Gasteiger partial charge >= 0.3 is 0 Å². The molecule has 0 aliphatic heterocycles. The van der Waals surface area contributed by atoms with Gasteiger partial charge in [-0.15, -0.1) is 0 Å². The fourth-order valence-electron chi connectivity index (χ4n) is 2.36. The molecule has 3 nitrogen and oxygen atoms in total. The summed E-state index contributed by atoms with van der Waals surface area (Å²) in [4.78, 5) is 11.8. The van der Waals surface area contributed by atoms with Crippen LogP contribution in [0.3, 0.4) is 0 Å². The molecular weight excluding hydrogens is 311 g/mol. The third-order valence-electron chi connectivity index (χ3n) is 3.43. The van der Waals surface area contributed by atoms with Crippen molar-refractivity contribution >= 4 is 27.5 Å². The fraction of sp³-hybridized carbons (Fsp3) is 0.500. The first-order valence-electron chi connectivity index (χ1n) is 6.55. The van der Waals surface area contributed by atoms with Gasteiger partial charge < -0.3 is 10.6 Å². The summed E-state index contributed by atoms with van der Waals surface area (Å²) in [6.45, 7) is 2.03. The van der Waals surface area contributed by atoms with Crippen molar-refractivity contribution in [3.05, 3.63) is 28.0 Å². The molecule has 1 aromatic rings. The Morgan fingerprint density at radius 3 is 2.79 bits per heavy atom. The molecule has 1 fully saturated rings. The highest BCUT2D eigenvalue weighted by atomic mass is 79.9. The average Bonchev–Trinajstić information content (AvgIpc) is 2.85. The highest BCUT2D eigenvalue weighted by Crippen LogP contribution is 2.24. The molecule has 19 heavy (non-hydrogen) atoms. The van der Waals surface area contributed by atoms with Crippen molar-refractivity contribution < 1.29 is 9.18 Å². The van der Waals surface area contributed by atoms with Crippen molar-refractivity contribution in [1.29, 1.82) is 0 Å². The first-order chi connectivity index (χ1) is 9.06. The number of anilines is 1. The molecule has 1 aromatic carbocycles. The smallest absolute Gasteiger partial charge is 0.239 e. The highest BCUT2D eigenvalue weighted by molar-refractivity contribution is 9.10. The van der Waals surface area contributed by atoms with Gasteiger partial charge in [0.15, 0.2) is 0 Å². The van der Waals surface area contributed by atoms with Gasteiger partial charge in [-0.25, -0.2) is 4.39 Å².